The molecule has 1 aliphatic rings. The van der Waals surface area contributed by atoms with Gasteiger partial charge in [-0.25, -0.2) is 0 Å². The molecule has 1 heterocycles. The minimum Gasteiger partial charge on any atom is -0.342 e. The second-order valence-electron chi connectivity index (χ2n) is 7.03. The summed E-state index contributed by atoms with van der Waals surface area (Å²) >= 11 is 1.41. The number of likely N-dealkylation sites (tertiary alicyclic amines) is 1. The molecule has 2 N–H and O–H groups in total. The van der Waals surface area contributed by atoms with Gasteiger partial charge < -0.3 is 15.5 Å². The molecule has 2 rings (SSSR count). The SMILES string of the molecule is CNCCC1CCN(C(=O)C(C)SCC(=O)Nc2ccc(C)cc2)CC1.Cl. The van der Waals surface area contributed by atoms with E-state index in [9.17, 15) is 9.59 Å². The molecule has 1 aliphatic heterocycles. The number of aryl methyl sites for hydroxylation is 1. The number of nitrogens with zero attached hydrogens (tertiary/aromatic N) is 1. The summed E-state index contributed by atoms with van der Waals surface area (Å²) in [6.07, 6.45) is 3.35. The molecule has 0 aromatic heterocycles. The lowest BCUT2D eigenvalue weighted by atomic mass is 9.93. The minimum absolute atomic E-state index is 0. The topological polar surface area (TPSA) is 61.4 Å². The number of thioether (sulfide) groups is 1. The van der Waals surface area contributed by atoms with Crippen molar-refractivity contribution in [3.8, 4) is 0 Å². The van der Waals surface area contributed by atoms with Gasteiger partial charge in [0.05, 0.1) is 11.0 Å². The Hall–Kier alpha value is -1.24. The van der Waals surface area contributed by atoms with Crippen molar-refractivity contribution in [3.05, 3.63) is 29.8 Å². The second kappa shape index (κ2) is 12.3. The lowest BCUT2D eigenvalue weighted by Crippen LogP contribution is -2.42. The first-order valence-electron chi connectivity index (χ1n) is 9.41. The molecule has 0 bridgehead atoms. The standard InChI is InChI=1S/C20H31N3O2S.ClH/c1-15-4-6-18(7-5-15)22-19(24)14-26-16(2)20(25)23-12-9-17(10-13-23)8-11-21-3;/h4-7,16-17,21H,8-14H2,1-3H3,(H,22,24);1H. The number of benzene rings is 1. The predicted octanol–water partition coefficient (Wildman–Crippen LogP) is 3.33. The Bertz CT molecular complexity index is 589. The molecule has 1 unspecified atom stereocenters. The van der Waals surface area contributed by atoms with Crippen LogP contribution in [0.4, 0.5) is 5.69 Å². The number of piperidine rings is 1. The van der Waals surface area contributed by atoms with Gasteiger partial charge in [0.25, 0.3) is 0 Å². The van der Waals surface area contributed by atoms with Crippen LogP contribution in [0.1, 0.15) is 31.7 Å². The van der Waals surface area contributed by atoms with E-state index in [2.05, 4.69) is 10.6 Å². The van der Waals surface area contributed by atoms with Crippen molar-refractivity contribution in [2.45, 2.75) is 38.4 Å². The molecule has 0 radical (unpaired) electrons. The number of nitrogens with one attached hydrogen (secondary N) is 2. The van der Waals surface area contributed by atoms with Crippen LogP contribution < -0.4 is 10.6 Å². The van der Waals surface area contributed by atoms with E-state index in [4.69, 9.17) is 0 Å². The quantitative estimate of drug-likeness (QED) is 0.686. The van der Waals surface area contributed by atoms with Gasteiger partial charge in [0.1, 0.15) is 0 Å². The third-order valence-electron chi connectivity index (χ3n) is 4.88. The number of hydrogen-bond donors (Lipinski definition) is 2. The molecule has 2 amide bonds. The van der Waals surface area contributed by atoms with E-state index in [-0.39, 0.29) is 29.5 Å². The minimum atomic E-state index is -0.187. The average molecular weight is 414 g/mol. The number of amides is 2. The molecule has 0 saturated carbocycles. The Balaban J connectivity index is 0.00000364. The summed E-state index contributed by atoms with van der Waals surface area (Å²) in [6, 6.07) is 7.72. The molecule has 0 aliphatic carbocycles. The molecule has 152 valence electrons. The van der Waals surface area contributed by atoms with Gasteiger partial charge in [0.15, 0.2) is 0 Å². The van der Waals surface area contributed by atoms with E-state index in [1.165, 1.54) is 18.2 Å². The Labute approximate surface area is 173 Å². The van der Waals surface area contributed by atoms with E-state index in [1.54, 1.807) is 0 Å². The summed E-state index contributed by atoms with van der Waals surface area (Å²) < 4.78 is 0. The fourth-order valence-electron chi connectivity index (χ4n) is 3.15. The van der Waals surface area contributed by atoms with Crippen molar-refractivity contribution in [1.29, 1.82) is 0 Å². The van der Waals surface area contributed by atoms with E-state index in [0.717, 1.165) is 49.6 Å². The zero-order chi connectivity index (χ0) is 18.9. The predicted molar refractivity (Wildman–Crippen MR) is 117 cm³/mol. The fraction of sp³-hybridized carbons (Fsp3) is 0.600. The summed E-state index contributed by atoms with van der Waals surface area (Å²) in [5.74, 6) is 1.10. The maximum Gasteiger partial charge on any atom is 0.235 e. The fourth-order valence-corrected chi connectivity index (χ4v) is 3.92. The molecule has 1 saturated heterocycles. The molecule has 1 fully saturated rings. The summed E-state index contributed by atoms with van der Waals surface area (Å²) in [6.45, 7) is 6.64. The third kappa shape index (κ3) is 8.11. The lowest BCUT2D eigenvalue weighted by Gasteiger charge is -2.33. The van der Waals surface area contributed by atoms with Gasteiger partial charge in [-0.3, -0.25) is 9.59 Å². The molecule has 0 spiro atoms. The Morgan fingerprint density at radius 1 is 1.22 bits per heavy atom. The molecule has 1 aromatic carbocycles. The van der Waals surface area contributed by atoms with Crippen LogP contribution in [0.2, 0.25) is 0 Å². The van der Waals surface area contributed by atoms with Crippen molar-refractivity contribution >= 4 is 41.7 Å². The van der Waals surface area contributed by atoms with Crippen molar-refractivity contribution in [2.24, 2.45) is 5.92 Å². The smallest absolute Gasteiger partial charge is 0.235 e. The summed E-state index contributed by atoms with van der Waals surface area (Å²) in [5, 5.41) is 5.88. The second-order valence-corrected chi connectivity index (χ2v) is 8.36. The van der Waals surface area contributed by atoms with Crippen molar-refractivity contribution in [1.82, 2.24) is 10.2 Å². The Morgan fingerprint density at radius 3 is 2.44 bits per heavy atom. The molecule has 1 atom stereocenters. The number of halogens is 1. The zero-order valence-electron chi connectivity index (χ0n) is 16.5. The van der Waals surface area contributed by atoms with E-state index in [1.807, 2.05) is 50.1 Å². The van der Waals surface area contributed by atoms with Gasteiger partial charge in [-0.1, -0.05) is 17.7 Å². The number of hydrogen-bond acceptors (Lipinski definition) is 4. The van der Waals surface area contributed by atoms with Crippen molar-refractivity contribution in [2.75, 3.05) is 37.8 Å². The van der Waals surface area contributed by atoms with Crippen molar-refractivity contribution < 1.29 is 9.59 Å². The molecule has 5 nitrogen and oxygen atoms in total. The average Bonchev–Trinajstić information content (AvgIpc) is 2.66. The maximum atomic E-state index is 12.6. The van der Waals surface area contributed by atoms with Gasteiger partial charge >= 0.3 is 0 Å². The highest BCUT2D eigenvalue weighted by molar-refractivity contribution is 8.01. The van der Waals surface area contributed by atoms with Crippen LogP contribution in [0.15, 0.2) is 24.3 Å². The van der Waals surface area contributed by atoms with Crippen molar-refractivity contribution in [3.63, 3.8) is 0 Å². The molecular weight excluding hydrogens is 382 g/mol. The zero-order valence-corrected chi connectivity index (χ0v) is 18.1. The number of carbonyl (C=O) groups excluding carboxylic acids is 2. The Morgan fingerprint density at radius 2 is 1.85 bits per heavy atom. The number of carbonyl (C=O) groups is 2. The van der Waals surface area contributed by atoms with Gasteiger partial charge in [0, 0.05) is 18.8 Å². The highest BCUT2D eigenvalue weighted by Crippen LogP contribution is 2.23. The maximum absolute atomic E-state index is 12.6. The van der Waals surface area contributed by atoms with Crippen LogP contribution in [0, 0.1) is 12.8 Å². The first kappa shape index (κ1) is 23.8. The monoisotopic (exact) mass is 413 g/mol. The van der Waals surface area contributed by atoms with Crippen LogP contribution >= 0.6 is 24.2 Å². The first-order chi connectivity index (χ1) is 12.5. The van der Waals surface area contributed by atoms with Gasteiger partial charge in [-0.05, 0) is 64.8 Å². The summed E-state index contributed by atoms with van der Waals surface area (Å²) in [5.41, 5.74) is 1.95. The largest absolute Gasteiger partial charge is 0.342 e. The Kier molecular flexibility index (Phi) is 10.8. The number of rotatable bonds is 8. The first-order valence-corrected chi connectivity index (χ1v) is 10.5. The van der Waals surface area contributed by atoms with E-state index in [0.29, 0.717) is 5.75 Å². The highest BCUT2D eigenvalue weighted by atomic mass is 35.5. The molecule has 27 heavy (non-hydrogen) atoms. The molecule has 1 aromatic rings. The normalized spacial score (nSPS) is 15.7. The van der Waals surface area contributed by atoms with Gasteiger partial charge in [0.2, 0.25) is 11.8 Å². The van der Waals surface area contributed by atoms with E-state index < -0.39 is 0 Å². The van der Waals surface area contributed by atoms with Gasteiger partial charge in [-0.2, -0.15) is 0 Å². The third-order valence-corrected chi connectivity index (χ3v) is 6.01. The van der Waals surface area contributed by atoms with Crippen LogP contribution in [0.25, 0.3) is 0 Å². The van der Waals surface area contributed by atoms with E-state index >= 15 is 0 Å². The summed E-state index contributed by atoms with van der Waals surface area (Å²) in [4.78, 5) is 26.6. The van der Waals surface area contributed by atoms with Crippen LogP contribution in [-0.4, -0.2) is 54.4 Å². The molecule has 7 heteroatoms. The lowest BCUT2D eigenvalue weighted by molar-refractivity contribution is -0.131. The number of anilines is 1. The van der Waals surface area contributed by atoms with Gasteiger partial charge in [-0.15, -0.1) is 24.2 Å². The van der Waals surface area contributed by atoms with Crippen LogP contribution in [0.5, 0.6) is 0 Å². The van der Waals surface area contributed by atoms with Crippen LogP contribution in [-0.2, 0) is 9.59 Å². The summed E-state index contributed by atoms with van der Waals surface area (Å²) in [7, 11) is 1.98. The highest BCUT2D eigenvalue weighted by Gasteiger charge is 2.26. The molecular formula is C20H32ClN3O2S. The van der Waals surface area contributed by atoms with Crippen LogP contribution in [0.3, 0.4) is 0 Å².